The summed E-state index contributed by atoms with van der Waals surface area (Å²) in [6.45, 7) is 3.24. The van der Waals surface area contributed by atoms with Gasteiger partial charge >= 0.3 is 0 Å². The fourth-order valence-corrected chi connectivity index (χ4v) is 2.19. The monoisotopic (exact) mass is 211 g/mol. The number of nitrogens with two attached hydrogens (primary N) is 1. The molecule has 1 saturated heterocycles. The average molecular weight is 212 g/mol. The highest BCUT2D eigenvalue weighted by atomic mass is 35.5. The molecule has 2 rings (SSSR count). The molecule has 0 saturated carbocycles. The van der Waals surface area contributed by atoms with Crippen LogP contribution in [0.3, 0.4) is 0 Å². The standard InChI is InChI=1S/C10H14ClN3/c1-7-3-2-4-14(7)10-9(11)5-8(12)6-13-10/h5-7H,2-4,12H2,1H3. The summed E-state index contributed by atoms with van der Waals surface area (Å²) in [5, 5.41) is 0.652. The van der Waals surface area contributed by atoms with Crippen LogP contribution in [0.15, 0.2) is 12.3 Å². The Labute approximate surface area is 88.9 Å². The molecule has 4 heteroatoms. The van der Waals surface area contributed by atoms with E-state index in [9.17, 15) is 0 Å². The second-order valence-electron chi connectivity index (χ2n) is 3.76. The van der Waals surface area contributed by atoms with Crippen molar-refractivity contribution in [1.82, 2.24) is 4.98 Å². The predicted octanol–water partition coefficient (Wildman–Crippen LogP) is 2.31. The number of halogens is 1. The fraction of sp³-hybridized carbons (Fsp3) is 0.500. The molecule has 1 aromatic rings. The predicted molar refractivity (Wildman–Crippen MR) is 59.7 cm³/mol. The van der Waals surface area contributed by atoms with Crippen molar-refractivity contribution in [3.63, 3.8) is 0 Å². The minimum Gasteiger partial charge on any atom is -0.397 e. The van der Waals surface area contributed by atoms with E-state index in [2.05, 4.69) is 16.8 Å². The zero-order chi connectivity index (χ0) is 10.1. The quantitative estimate of drug-likeness (QED) is 0.775. The molecule has 1 aliphatic rings. The van der Waals surface area contributed by atoms with Gasteiger partial charge in [-0.05, 0) is 25.8 Å². The fourth-order valence-electron chi connectivity index (χ4n) is 1.90. The number of anilines is 2. The van der Waals surface area contributed by atoms with Crippen molar-refractivity contribution >= 4 is 23.1 Å². The highest BCUT2D eigenvalue weighted by Gasteiger charge is 2.23. The molecule has 0 bridgehead atoms. The maximum atomic E-state index is 6.09. The molecule has 2 N–H and O–H groups in total. The van der Waals surface area contributed by atoms with Gasteiger partial charge in [0.2, 0.25) is 0 Å². The van der Waals surface area contributed by atoms with Crippen LogP contribution in [-0.2, 0) is 0 Å². The first kappa shape index (κ1) is 9.59. The molecule has 76 valence electrons. The van der Waals surface area contributed by atoms with Crippen LogP contribution in [0.2, 0.25) is 5.02 Å². The Balaban J connectivity index is 2.31. The molecule has 0 spiro atoms. The highest BCUT2D eigenvalue weighted by molar-refractivity contribution is 6.33. The highest BCUT2D eigenvalue weighted by Crippen LogP contribution is 2.30. The summed E-state index contributed by atoms with van der Waals surface area (Å²) in [5.41, 5.74) is 6.21. The molecule has 0 amide bonds. The third-order valence-corrected chi connectivity index (χ3v) is 2.95. The summed E-state index contributed by atoms with van der Waals surface area (Å²) in [5.74, 6) is 0.867. The van der Waals surface area contributed by atoms with E-state index in [1.54, 1.807) is 12.3 Å². The summed E-state index contributed by atoms with van der Waals surface area (Å²) in [7, 11) is 0. The average Bonchev–Trinajstić information content (AvgIpc) is 2.52. The van der Waals surface area contributed by atoms with Crippen molar-refractivity contribution < 1.29 is 0 Å². The minimum atomic E-state index is 0.531. The SMILES string of the molecule is CC1CCCN1c1ncc(N)cc1Cl. The smallest absolute Gasteiger partial charge is 0.147 e. The maximum absolute atomic E-state index is 6.09. The van der Waals surface area contributed by atoms with Crippen LogP contribution >= 0.6 is 11.6 Å². The minimum absolute atomic E-state index is 0.531. The van der Waals surface area contributed by atoms with Crippen LogP contribution < -0.4 is 10.6 Å². The lowest BCUT2D eigenvalue weighted by Gasteiger charge is -2.23. The van der Waals surface area contributed by atoms with Gasteiger partial charge in [-0.2, -0.15) is 0 Å². The van der Waals surface area contributed by atoms with Crippen molar-refractivity contribution in [2.75, 3.05) is 17.2 Å². The lowest BCUT2D eigenvalue weighted by Crippen LogP contribution is -2.27. The molecule has 0 aliphatic carbocycles. The van der Waals surface area contributed by atoms with Crippen molar-refractivity contribution in [2.24, 2.45) is 0 Å². The van der Waals surface area contributed by atoms with E-state index in [0.717, 1.165) is 12.4 Å². The molecule has 1 aromatic heterocycles. The molecule has 1 unspecified atom stereocenters. The zero-order valence-corrected chi connectivity index (χ0v) is 8.96. The number of hydrogen-bond acceptors (Lipinski definition) is 3. The Hall–Kier alpha value is -0.960. The van der Waals surface area contributed by atoms with Crippen LogP contribution in [0.5, 0.6) is 0 Å². The van der Waals surface area contributed by atoms with Gasteiger partial charge in [0, 0.05) is 12.6 Å². The molecular formula is C10H14ClN3. The van der Waals surface area contributed by atoms with Crippen LogP contribution in [0.4, 0.5) is 11.5 Å². The first-order valence-corrected chi connectivity index (χ1v) is 5.24. The molecule has 14 heavy (non-hydrogen) atoms. The lowest BCUT2D eigenvalue weighted by molar-refractivity contribution is 0.727. The van der Waals surface area contributed by atoms with E-state index in [-0.39, 0.29) is 0 Å². The van der Waals surface area contributed by atoms with E-state index in [1.807, 2.05) is 0 Å². The normalized spacial score (nSPS) is 21.6. The Morgan fingerprint density at radius 3 is 3.00 bits per heavy atom. The number of pyridine rings is 1. The van der Waals surface area contributed by atoms with Gasteiger partial charge < -0.3 is 10.6 Å². The summed E-state index contributed by atoms with van der Waals surface area (Å²) < 4.78 is 0. The van der Waals surface area contributed by atoms with E-state index in [0.29, 0.717) is 16.8 Å². The van der Waals surface area contributed by atoms with Crippen molar-refractivity contribution in [3.8, 4) is 0 Å². The van der Waals surface area contributed by atoms with Gasteiger partial charge in [-0.1, -0.05) is 11.6 Å². The van der Waals surface area contributed by atoms with Crippen LogP contribution in [0, 0.1) is 0 Å². The Morgan fingerprint density at radius 1 is 1.64 bits per heavy atom. The molecule has 0 aromatic carbocycles. The van der Waals surface area contributed by atoms with Gasteiger partial charge in [-0.3, -0.25) is 0 Å². The molecule has 1 aliphatic heterocycles. The number of nitrogens with zero attached hydrogens (tertiary/aromatic N) is 2. The zero-order valence-electron chi connectivity index (χ0n) is 8.20. The summed E-state index contributed by atoms with van der Waals surface area (Å²) in [6.07, 6.45) is 4.08. The van der Waals surface area contributed by atoms with Gasteiger partial charge in [-0.25, -0.2) is 4.98 Å². The van der Waals surface area contributed by atoms with E-state index < -0.39 is 0 Å². The van der Waals surface area contributed by atoms with Crippen molar-refractivity contribution in [3.05, 3.63) is 17.3 Å². The molecular weight excluding hydrogens is 198 g/mol. The van der Waals surface area contributed by atoms with Gasteiger partial charge in [-0.15, -0.1) is 0 Å². The van der Waals surface area contributed by atoms with Crippen LogP contribution in [-0.4, -0.2) is 17.6 Å². The molecule has 0 radical (unpaired) electrons. The number of aromatic nitrogens is 1. The van der Waals surface area contributed by atoms with Gasteiger partial charge in [0.15, 0.2) is 0 Å². The van der Waals surface area contributed by atoms with Gasteiger partial charge in [0.25, 0.3) is 0 Å². The van der Waals surface area contributed by atoms with Crippen molar-refractivity contribution in [2.45, 2.75) is 25.8 Å². The Morgan fingerprint density at radius 2 is 2.43 bits per heavy atom. The van der Waals surface area contributed by atoms with E-state index in [4.69, 9.17) is 17.3 Å². The second kappa shape index (κ2) is 3.65. The van der Waals surface area contributed by atoms with Crippen LogP contribution in [0.25, 0.3) is 0 Å². The number of hydrogen-bond donors (Lipinski definition) is 1. The number of nitrogen functional groups attached to an aromatic ring is 1. The summed E-state index contributed by atoms with van der Waals surface area (Å²) in [6, 6.07) is 2.29. The molecule has 1 fully saturated rings. The molecule has 1 atom stereocenters. The summed E-state index contributed by atoms with van der Waals surface area (Å²) >= 11 is 6.09. The third kappa shape index (κ3) is 1.64. The van der Waals surface area contributed by atoms with Crippen molar-refractivity contribution in [1.29, 1.82) is 0 Å². The second-order valence-corrected chi connectivity index (χ2v) is 4.17. The van der Waals surface area contributed by atoms with Gasteiger partial charge in [0.1, 0.15) is 5.82 Å². The largest absolute Gasteiger partial charge is 0.397 e. The third-order valence-electron chi connectivity index (χ3n) is 2.67. The molecule has 3 nitrogen and oxygen atoms in total. The lowest BCUT2D eigenvalue weighted by atomic mass is 10.2. The Kier molecular flexibility index (Phi) is 2.50. The number of rotatable bonds is 1. The topological polar surface area (TPSA) is 42.2 Å². The first-order valence-electron chi connectivity index (χ1n) is 4.86. The molecule has 2 heterocycles. The van der Waals surface area contributed by atoms with E-state index in [1.165, 1.54) is 12.8 Å². The van der Waals surface area contributed by atoms with Gasteiger partial charge in [0.05, 0.1) is 16.9 Å². The first-order chi connectivity index (χ1) is 6.68. The Bertz CT molecular complexity index is 340. The summed E-state index contributed by atoms with van der Waals surface area (Å²) in [4.78, 5) is 6.52. The van der Waals surface area contributed by atoms with Crippen LogP contribution in [0.1, 0.15) is 19.8 Å². The van der Waals surface area contributed by atoms with E-state index >= 15 is 0 Å². The maximum Gasteiger partial charge on any atom is 0.147 e.